The molecule has 0 unspecified atom stereocenters. The van der Waals surface area contributed by atoms with E-state index in [-0.39, 0.29) is 11.3 Å². The van der Waals surface area contributed by atoms with Crippen LogP contribution in [0.3, 0.4) is 0 Å². The fraction of sp³-hybridized carbons (Fsp3) is 0.462. The largest absolute Gasteiger partial charge is 0.416 e. The minimum atomic E-state index is -4.31. The minimum absolute atomic E-state index is 0.241. The summed E-state index contributed by atoms with van der Waals surface area (Å²) in [6.45, 7) is 5.48. The molecule has 0 aliphatic rings. The molecule has 0 spiro atoms. The van der Waals surface area contributed by atoms with E-state index in [0.717, 1.165) is 19.2 Å². The standard InChI is InChI=1S/C13H16F3NS2/c1-3-17(4-2)12(18)19-9-10-7-5-6-8-11(10)13(14,15)16/h5-8H,3-4,9H2,1-2H3. The molecular formula is C13H16F3NS2. The minimum Gasteiger partial charge on any atom is -0.358 e. The first-order chi connectivity index (χ1) is 8.90. The Hall–Kier alpha value is -0.750. The molecule has 0 bridgehead atoms. The highest BCUT2D eigenvalue weighted by Crippen LogP contribution is 2.33. The first-order valence-electron chi connectivity index (χ1n) is 5.97. The summed E-state index contributed by atoms with van der Waals surface area (Å²) in [4.78, 5) is 1.95. The maximum Gasteiger partial charge on any atom is 0.416 e. The lowest BCUT2D eigenvalue weighted by Crippen LogP contribution is -2.26. The number of hydrogen-bond donors (Lipinski definition) is 0. The Bertz CT molecular complexity index is 428. The number of alkyl halides is 3. The van der Waals surface area contributed by atoms with E-state index in [9.17, 15) is 13.2 Å². The molecule has 0 atom stereocenters. The lowest BCUT2D eigenvalue weighted by Gasteiger charge is -2.21. The molecule has 0 heterocycles. The van der Waals surface area contributed by atoms with E-state index in [4.69, 9.17) is 12.2 Å². The molecule has 1 aromatic rings. The molecule has 0 aliphatic heterocycles. The Morgan fingerprint density at radius 3 is 2.32 bits per heavy atom. The van der Waals surface area contributed by atoms with Gasteiger partial charge in [0.05, 0.1) is 5.56 Å². The van der Waals surface area contributed by atoms with Gasteiger partial charge in [-0.05, 0) is 25.5 Å². The van der Waals surface area contributed by atoms with Gasteiger partial charge in [-0.2, -0.15) is 13.2 Å². The lowest BCUT2D eigenvalue weighted by molar-refractivity contribution is -0.138. The number of nitrogens with zero attached hydrogens (tertiary/aromatic N) is 1. The van der Waals surface area contributed by atoms with Crippen molar-refractivity contribution in [3.8, 4) is 0 Å². The quantitative estimate of drug-likeness (QED) is 0.750. The monoisotopic (exact) mass is 307 g/mol. The molecule has 1 nitrogen and oxygen atoms in total. The molecule has 6 heteroatoms. The summed E-state index contributed by atoms with van der Waals surface area (Å²) in [5.41, 5.74) is -0.306. The van der Waals surface area contributed by atoms with Gasteiger partial charge in [-0.3, -0.25) is 0 Å². The third-order valence-electron chi connectivity index (χ3n) is 2.70. The second kappa shape index (κ2) is 7.14. The third kappa shape index (κ3) is 4.69. The van der Waals surface area contributed by atoms with Crippen molar-refractivity contribution in [3.05, 3.63) is 35.4 Å². The van der Waals surface area contributed by atoms with Gasteiger partial charge >= 0.3 is 6.18 Å². The van der Waals surface area contributed by atoms with Gasteiger partial charge in [-0.15, -0.1) is 0 Å². The highest BCUT2D eigenvalue weighted by molar-refractivity contribution is 8.22. The Morgan fingerprint density at radius 1 is 1.21 bits per heavy atom. The van der Waals surface area contributed by atoms with Crippen molar-refractivity contribution in [3.63, 3.8) is 0 Å². The summed E-state index contributed by atoms with van der Waals surface area (Å²) in [5, 5.41) is 0. The van der Waals surface area contributed by atoms with Gasteiger partial charge < -0.3 is 4.90 Å². The third-order valence-corrected chi connectivity index (χ3v) is 4.27. The zero-order valence-electron chi connectivity index (χ0n) is 10.8. The zero-order valence-corrected chi connectivity index (χ0v) is 12.5. The zero-order chi connectivity index (χ0) is 14.5. The van der Waals surface area contributed by atoms with Gasteiger partial charge in [0.15, 0.2) is 0 Å². The van der Waals surface area contributed by atoms with E-state index in [2.05, 4.69) is 0 Å². The summed E-state index contributed by atoms with van der Waals surface area (Å²) in [6, 6.07) is 5.63. The fourth-order valence-electron chi connectivity index (χ4n) is 1.64. The van der Waals surface area contributed by atoms with Crippen LogP contribution in [-0.4, -0.2) is 22.3 Å². The molecule has 1 aromatic carbocycles. The molecule has 0 amide bonds. The van der Waals surface area contributed by atoms with Gasteiger partial charge in [0, 0.05) is 18.8 Å². The highest BCUT2D eigenvalue weighted by atomic mass is 32.2. The van der Waals surface area contributed by atoms with Crippen LogP contribution in [0.25, 0.3) is 0 Å². The molecule has 1 rings (SSSR count). The summed E-state index contributed by atoms with van der Waals surface area (Å²) in [6.07, 6.45) is -4.31. The number of thiocarbonyl (C=S) groups is 1. The van der Waals surface area contributed by atoms with Crippen molar-refractivity contribution >= 4 is 28.3 Å². The molecule has 0 radical (unpaired) electrons. The summed E-state index contributed by atoms with van der Waals surface area (Å²) >= 11 is 6.49. The first kappa shape index (κ1) is 16.3. The molecular weight excluding hydrogens is 291 g/mol. The smallest absolute Gasteiger partial charge is 0.358 e. The normalized spacial score (nSPS) is 11.4. The molecule has 0 N–H and O–H groups in total. The molecule has 19 heavy (non-hydrogen) atoms. The van der Waals surface area contributed by atoms with E-state index >= 15 is 0 Å². The Kier molecular flexibility index (Phi) is 6.13. The predicted molar refractivity (Wildman–Crippen MR) is 78.3 cm³/mol. The van der Waals surface area contributed by atoms with E-state index in [1.807, 2.05) is 18.7 Å². The maximum absolute atomic E-state index is 12.8. The average molecular weight is 307 g/mol. The SMILES string of the molecule is CCN(CC)C(=S)SCc1ccccc1C(F)(F)F. The molecule has 0 aromatic heterocycles. The number of rotatable bonds is 4. The summed E-state index contributed by atoms with van der Waals surface area (Å²) < 4.78 is 39.1. The van der Waals surface area contributed by atoms with Crippen molar-refractivity contribution in [2.24, 2.45) is 0 Å². The summed E-state index contributed by atoms with van der Waals surface area (Å²) in [5.74, 6) is 0.241. The Labute approximate surface area is 121 Å². The molecule has 106 valence electrons. The summed E-state index contributed by atoms with van der Waals surface area (Å²) in [7, 11) is 0. The first-order valence-corrected chi connectivity index (χ1v) is 7.36. The average Bonchev–Trinajstić information content (AvgIpc) is 2.37. The van der Waals surface area contributed by atoms with Crippen LogP contribution in [0.5, 0.6) is 0 Å². The van der Waals surface area contributed by atoms with Crippen LogP contribution in [-0.2, 0) is 11.9 Å². The number of thioether (sulfide) groups is 1. The van der Waals surface area contributed by atoms with E-state index in [1.54, 1.807) is 6.07 Å². The molecule has 0 aliphatic carbocycles. The molecule has 0 fully saturated rings. The van der Waals surface area contributed by atoms with Crippen LogP contribution in [0.4, 0.5) is 13.2 Å². The van der Waals surface area contributed by atoms with E-state index < -0.39 is 11.7 Å². The van der Waals surface area contributed by atoms with E-state index in [1.165, 1.54) is 23.9 Å². The van der Waals surface area contributed by atoms with Gasteiger partial charge in [-0.25, -0.2) is 0 Å². The number of benzene rings is 1. The van der Waals surface area contributed by atoms with Crippen molar-refractivity contribution < 1.29 is 13.2 Å². The Morgan fingerprint density at radius 2 is 1.79 bits per heavy atom. The van der Waals surface area contributed by atoms with Gasteiger partial charge in [-0.1, -0.05) is 42.2 Å². The van der Waals surface area contributed by atoms with Crippen LogP contribution < -0.4 is 0 Å². The fourth-order valence-corrected chi connectivity index (χ4v) is 3.04. The van der Waals surface area contributed by atoms with Crippen molar-refractivity contribution in [2.75, 3.05) is 13.1 Å². The van der Waals surface area contributed by atoms with Crippen LogP contribution >= 0.6 is 24.0 Å². The van der Waals surface area contributed by atoms with Gasteiger partial charge in [0.25, 0.3) is 0 Å². The lowest BCUT2D eigenvalue weighted by atomic mass is 10.1. The topological polar surface area (TPSA) is 3.24 Å². The van der Waals surface area contributed by atoms with Gasteiger partial charge in [0.2, 0.25) is 0 Å². The van der Waals surface area contributed by atoms with Crippen molar-refractivity contribution in [1.82, 2.24) is 4.90 Å². The van der Waals surface area contributed by atoms with Crippen molar-refractivity contribution in [1.29, 1.82) is 0 Å². The second-order valence-corrected chi connectivity index (χ2v) is 5.49. The van der Waals surface area contributed by atoms with Crippen molar-refractivity contribution in [2.45, 2.75) is 25.8 Å². The molecule has 0 saturated heterocycles. The van der Waals surface area contributed by atoms with E-state index in [0.29, 0.717) is 4.32 Å². The second-order valence-electron chi connectivity index (χ2n) is 3.88. The highest BCUT2D eigenvalue weighted by Gasteiger charge is 2.32. The number of hydrogen-bond acceptors (Lipinski definition) is 2. The maximum atomic E-state index is 12.8. The van der Waals surface area contributed by atoms with Crippen LogP contribution in [0.15, 0.2) is 24.3 Å². The van der Waals surface area contributed by atoms with Crippen LogP contribution in [0.1, 0.15) is 25.0 Å². The molecule has 0 saturated carbocycles. The van der Waals surface area contributed by atoms with Gasteiger partial charge in [0.1, 0.15) is 4.32 Å². The predicted octanol–water partition coefficient (Wildman–Crippen LogP) is 4.57. The Balaban J connectivity index is 2.76. The van der Waals surface area contributed by atoms with Crippen LogP contribution in [0.2, 0.25) is 0 Å². The number of halogens is 3. The van der Waals surface area contributed by atoms with Crippen LogP contribution in [0, 0.1) is 0 Å².